The van der Waals surface area contributed by atoms with Crippen LogP contribution >= 0.6 is 0 Å². The van der Waals surface area contributed by atoms with Gasteiger partial charge in [-0.1, -0.05) is 60.7 Å². The molecule has 1 aliphatic rings. The Hall–Kier alpha value is -2.98. The van der Waals surface area contributed by atoms with Gasteiger partial charge in [0, 0.05) is 13.5 Å². The van der Waals surface area contributed by atoms with E-state index in [0.29, 0.717) is 6.54 Å². The molecule has 0 bridgehead atoms. The molecular formula is C28H37NO8. The zero-order valence-corrected chi connectivity index (χ0v) is 21.8. The van der Waals surface area contributed by atoms with Gasteiger partial charge in [0.15, 0.2) is 12.4 Å². The SMILES string of the molecule is CCNC(=O)OC[C@H]1O[C@@H](OC(C)C)[C@H](OCc2ccccc2)[C@@H](OCc2ccccc2)[C@@H]1OC(C)=O. The van der Waals surface area contributed by atoms with Crippen molar-refractivity contribution >= 4 is 12.1 Å². The van der Waals surface area contributed by atoms with Gasteiger partial charge in [-0.05, 0) is 31.9 Å². The van der Waals surface area contributed by atoms with E-state index in [4.69, 9.17) is 28.4 Å². The molecule has 0 aromatic heterocycles. The van der Waals surface area contributed by atoms with Crippen LogP contribution in [0.1, 0.15) is 38.8 Å². The zero-order chi connectivity index (χ0) is 26.6. The van der Waals surface area contributed by atoms with Gasteiger partial charge in [-0.25, -0.2) is 4.79 Å². The van der Waals surface area contributed by atoms with Crippen LogP contribution in [0.5, 0.6) is 0 Å². The molecule has 9 nitrogen and oxygen atoms in total. The normalized spacial score (nSPS) is 23.4. The fraction of sp³-hybridized carbons (Fsp3) is 0.500. The Morgan fingerprint density at radius 3 is 1.97 bits per heavy atom. The molecule has 0 aliphatic carbocycles. The van der Waals surface area contributed by atoms with Crippen molar-refractivity contribution in [2.45, 2.75) is 77.7 Å². The van der Waals surface area contributed by atoms with Crippen LogP contribution < -0.4 is 5.32 Å². The Labute approximate surface area is 218 Å². The standard InChI is InChI=1S/C28H37NO8/c1-5-29-28(31)34-18-23-24(36-20(4)30)25(32-16-21-12-8-6-9-13-21)26(27(37-23)35-19(2)3)33-17-22-14-10-7-11-15-22/h6-15,19,23-27H,5,16-18H2,1-4H3,(H,29,31)/t23-,24-,25+,26-,27-/m1/s1. The Morgan fingerprint density at radius 2 is 1.46 bits per heavy atom. The van der Waals surface area contributed by atoms with Crippen molar-refractivity contribution in [3.8, 4) is 0 Å². The lowest BCUT2D eigenvalue weighted by molar-refractivity contribution is -0.327. The van der Waals surface area contributed by atoms with Crippen molar-refractivity contribution in [1.82, 2.24) is 5.32 Å². The number of benzene rings is 2. The molecule has 0 saturated carbocycles. The number of carbonyl (C=O) groups is 2. The van der Waals surface area contributed by atoms with E-state index in [9.17, 15) is 9.59 Å². The monoisotopic (exact) mass is 515 g/mol. The van der Waals surface area contributed by atoms with Gasteiger partial charge >= 0.3 is 12.1 Å². The summed E-state index contributed by atoms with van der Waals surface area (Å²) in [6.45, 7) is 7.62. The lowest BCUT2D eigenvalue weighted by atomic mass is 9.98. The predicted molar refractivity (Wildman–Crippen MR) is 135 cm³/mol. The van der Waals surface area contributed by atoms with E-state index < -0.39 is 42.8 Å². The molecule has 5 atom stereocenters. The third-order valence-electron chi connectivity index (χ3n) is 5.57. The highest BCUT2D eigenvalue weighted by Gasteiger charge is 2.50. The van der Waals surface area contributed by atoms with Gasteiger partial charge in [0.25, 0.3) is 0 Å². The number of ether oxygens (including phenoxy) is 6. The van der Waals surface area contributed by atoms with Crippen LogP contribution in [-0.4, -0.2) is 62.0 Å². The number of esters is 1. The number of rotatable bonds is 12. The zero-order valence-electron chi connectivity index (χ0n) is 21.8. The van der Waals surface area contributed by atoms with E-state index >= 15 is 0 Å². The van der Waals surface area contributed by atoms with Gasteiger partial charge < -0.3 is 33.7 Å². The summed E-state index contributed by atoms with van der Waals surface area (Å²) in [5, 5.41) is 2.58. The molecule has 1 N–H and O–H groups in total. The molecule has 37 heavy (non-hydrogen) atoms. The maximum atomic E-state index is 12.1. The van der Waals surface area contributed by atoms with Crippen LogP contribution in [-0.2, 0) is 46.4 Å². The lowest BCUT2D eigenvalue weighted by Gasteiger charge is -2.45. The minimum atomic E-state index is -0.913. The summed E-state index contributed by atoms with van der Waals surface area (Å²) >= 11 is 0. The second-order valence-electron chi connectivity index (χ2n) is 8.95. The summed E-state index contributed by atoms with van der Waals surface area (Å²) in [4.78, 5) is 24.1. The summed E-state index contributed by atoms with van der Waals surface area (Å²) in [5.41, 5.74) is 1.90. The second kappa shape index (κ2) is 14.7. The van der Waals surface area contributed by atoms with Crippen molar-refractivity contribution in [2.24, 2.45) is 0 Å². The number of alkyl carbamates (subject to hydrolysis) is 1. The third kappa shape index (κ3) is 9.12. The summed E-state index contributed by atoms with van der Waals surface area (Å²) in [6, 6.07) is 19.3. The molecule has 1 fully saturated rings. The summed E-state index contributed by atoms with van der Waals surface area (Å²) < 4.78 is 36.0. The maximum absolute atomic E-state index is 12.1. The maximum Gasteiger partial charge on any atom is 0.407 e. The Balaban J connectivity index is 1.90. The van der Waals surface area contributed by atoms with Gasteiger partial charge in [-0.3, -0.25) is 4.79 Å². The van der Waals surface area contributed by atoms with Crippen molar-refractivity contribution in [2.75, 3.05) is 13.2 Å². The Morgan fingerprint density at radius 1 is 0.892 bits per heavy atom. The first-order valence-electron chi connectivity index (χ1n) is 12.6. The van der Waals surface area contributed by atoms with E-state index in [0.717, 1.165) is 11.1 Å². The fourth-order valence-corrected chi connectivity index (χ4v) is 3.98. The van der Waals surface area contributed by atoms with E-state index in [1.807, 2.05) is 74.5 Å². The molecule has 1 saturated heterocycles. The molecule has 0 unspecified atom stereocenters. The number of hydrogen-bond acceptors (Lipinski definition) is 8. The van der Waals surface area contributed by atoms with Crippen molar-refractivity contribution < 1.29 is 38.0 Å². The van der Waals surface area contributed by atoms with Crippen molar-refractivity contribution in [3.63, 3.8) is 0 Å². The van der Waals surface area contributed by atoms with Crippen LogP contribution in [0.25, 0.3) is 0 Å². The molecule has 202 valence electrons. The number of carbonyl (C=O) groups excluding carboxylic acids is 2. The van der Waals surface area contributed by atoms with Crippen LogP contribution in [0.4, 0.5) is 4.79 Å². The molecule has 1 amide bonds. The molecule has 0 radical (unpaired) electrons. The van der Waals surface area contributed by atoms with Crippen molar-refractivity contribution in [3.05, 3.63) is 71.8 Å². The van der Waals surface area contributed by atoms with Crippen LogP contribution in [0.2, 0.25) is 0 Å². The highest BCUT2D eigenvalue weighted by molar-refractivity contribution is 5.67. The van der Waals surface area contributed by atoms with E-state index in [1.54, 1.807) is 6.92 Å². The summed E-state index contributed by atoms with van der Waals surface area (Å²) in [6.07, 6.45) is -4.92. The number of hydrogen-bond donors (Lipinski definition) is 1. The van der Waals surface area contributed by atoms with E-state index in [1.165, 1.54) is 6.92 Å². The van der Waals surface area contributed by atoms with Crippen LogP contribution in [0, 0.1) is 0 Å². The van der Waals surface area contributed by atoms with Gasteiger partial charge in [0.05, 0.1) is 19.3 Å². The number of amides is 1. The molecule has 3 rings (SSSR count). The molecular weight excluding hydrogens is 478 g/mol. The van der Waals surface area contributed by atoms with Gasteiger partial charge in [0.2, 0.25) is 0 Å². The Kier molecular flexibility index (Phi) is 11.3. The smallest absolute Gasteiger partial charge is 0.407 e. The fourth-order valence-electron chi connectivity index (χ4n) is 3.98. The van der Waals surface area contributed by atoms with Gasteiger partial charge in [0.1, 0.15) is 24.9 Å². The summed E-state index contributed by atoms with van der Waals surface area (Å²) in [5.74, 6) is -0.519. The molecule has 2 aromatic carbocycles. The van der Waals surface area contributed by atoms with Gasteiger partial charge in [-0.15, -0.1) is 0 Å². The van der Waals surface area contributed by atoms with E-state index in [2.05, 4.69) is 5.32 Å². The molecule has 1 aliphatic heterocycles. The highest BCUT2D eigenvalue weighted by atomic mass is 16.7. The largest absolute Gasteiger partial charge is 0.457 e. The topological polar surface area (TPSA) is 102 Å². The molecule has 9 heteroatoms. The quantitative estimate of drug-likeness (QED) is 0.424. The molecule has 2 aromatic rings. The van der Waals surface area contributed by atoms with Crippen LogP contribution in [0.3, 0.4) is 0 Å². The lowest BCUT2D eigenvalue weighted by Crippen LogP contribution is -2.62. The third-order valence-corrected chi connectivity index (χ3v) is 5.57. The minimum Gasteiger partial charge on any atom is -0.457 e. The molecule has 0 spiro atoms. The first-order valence-corrected chi connectivity index (χ1v) is 12.6. The van der Waals surface area contributed by atoms with E-state index in [-0.39, 0.29) is 25.9 Å². The Bertz CT molecular complexity index is 955. The predicted octanol–water partition coefficient (Wildman–Crippen LogP) is 3.98. The first kappa shape index (κ1) is 28.6. The molecule has 1 heterocycles. The average molecular weight is 516 g/mol. The van der Waals surface area contributed by atoms with Gasteiger partial charge in [-0.2, -0.15) is 0 Å². The number of nitrogens with one attached hydrogen (secondary N) is 1. The minimum absolute atomic E-state index is 0.168. The average Bonchev–Trinajstić information content (AvgIpc) is 2.87. The van der Waals surface area contributed by atoms with Crippen LogP contribution in [0.15, 0.2) is 60.7 Å². The first-order chi connectivity index (χ1) is 17.9. The second-order valence-corrected chi connectivity index (χ2v) is 8.95. The van der Waals surface area contributed by atoms with Crippen molar-refractivity contribution in [1.29, 1.82) is 0 Å². The summed E-state index contributed by atoms with van der Waals surface area (Å²) in [7, 11) is 0. The highest BCUT2D eigenvalue weighted by Crippen LogP contribution is 2.31.